The lowest BCUT2D eigenvalue weighted by atomic mass is 10.0. The minimum atomic E-state index is -3.95. The molecule has 1 saturated carbocycles. The number of aromatic nitrogens is 3. The molecule has 2 aliphatic carbocycles. The number of ether oxygens (including phenoxy) is 1. The van der Waals surface area contributed by atoms with Crippen molar-refractivity contribution >= 4 is 35.5 Å². The molecule has 0 aromatic carbocycles. The largest absolute Gasteiger partial charge is 0.472 e. The molecule has 0 bridgehead atoms. The van der Waals surface area contributed by atoms with Crippen LogP contribution in [0.4, 0.5) is 4.79 Å². The standard InChI is InChI=1S/C15H25N4O6PS2/c1-19-14-6-4-11-10(3-5-13(14)17-18-19)12(11)7-24-15(20)16-8-27-28-9-25-26(21,22)23-2/h10-12H,3-9H2,1-2H3,(H,16,20)(H,21,22)/t10-,11+,12-/m1/s1. The smallest absolute Gasteiger partial charge is 0.449 e. The Morgan fingerprint density at radius 2 is 2.11 bits per heavy atom. The summed E-state index contributed by atoms with van der Waals surface area (Å²) in [5.74, 6) is 1.91. The highest BCUT2D eigenvalue weighted by molar-refractivity contribution is 8.76. The van der Waals surface area contributed by atoms with Crippen molar-refractivity contribution in [3.05, 3.63) is 11.4 Å². The van der Waals surface area contributed by atoms with Crippen molar-refractivity contribution in [2.45, 2.75) is 25.7 Å². The molecule has 1 heterocycles. The molecule has 1 amide bonds. The van der Waals surface area contributed by atoms with E-state index >= 15 is 0 Å². The van der Waals surface area contributed by atoms with E-state index in [1.54, 1.807) is 0 Å². The SMILES string of the molecule is COP(=O)(O)OCSSCNC(=O)OC[C@@H]1[C@@H]2CCc3nnn(C)c3CC[C@@H]21. The first-order chi connectivity index (χ1) is 13.4. The van der Waals surface area contributed by atoms with Crippen molar-refractivity contribution < 1.29 is 28.0 Å². The van der Waals surface area contributed by atoms with E-state index in [1.165, 1.54) is 27.3 Å². The summed E-state index contributed by atoms with van der Waals surface area (Å²) in [5.41, 5.74) is 2.33. The van der Waals surface area contributed by atoms with E-state index in [9.17, 15) is 9.36 Å². The number of carbonyl (C=O) groups excluding carboxylic acids is 1. The molecule has 0 radical (unpaired) electrons. The third kappa shape index (κ3) is 5.87. The number of rotatable bonds is 9. The lowest BCUT2D eigenvalue weighted by molar-refractivity contribution is 0.139. The fourth-order valence-corrected chi connectivity index (χ4v) is 5.84. The van der Waals surface area contributed by atoms with Gasteiger partial charge in [0.25, 0.3) is 0 Å². The number of aryl methyl sites for hydroxylation is 2. The van der Waals surface area contributed by atoms with E-state index < -0.39 is 13.9 Å². The van der Waals surface area contributed by atoms with Gasteiger partial charge in [-0.2, -0.15) is 0 Å². The molecule has 28 heavy (non-hydrogen) atoms. The quantitative estimate of drug-likeness (QED) is 0.250. The second-order valence-corrected chi connectivity index (χ2v) is 10.7. The maximum Gasteiger partial charge on any atom is 0.472 e. The van der Waals surface area contributed by atoms with Crippen molar-refractivity contribution in [2.75, 3.05) is 25.5 Å². The summed E-state index contributed by atoms with van der Waals surface area (Å²) >= 11 is 0. The number of phosphoric acid groups is 1. The van der Waals surface area contributed by atoms with Gasteiger partial charge in [0.1, 0.15) is 5.94 Å². The third-order valence-electron chi connectivity index (χ3n) is 5.22. The van der Waals surface area contributed by atoms with Crippen LogP contribution in [0.5, 0.6) is 0 Å². The average Bonchev–Trinajstić information content (AvgIpc) is 3.19. The van der Waals surface area contributed by atoms with Crippen LogP contribution in [0.1, 0.15) is 24.2 Å². The van der Waals surface area contributed by atoms with Gasteiger partial charge in [0, 0.05) is 14.2 Å². The van der Waals surface area contributed by atoms with Crippen molar-refractivity contribution in [3.8, 4) is 0 Å². The van der Waals surface area contributed by atoms with Crippen molar-refractivity contribution in [3.63, 3.8) is 0 Å². The van der Waals surface area contributed by atoms with Gasteiger partial charge < -0.3 is 14.9 Å². The van der Waals surface area contributed by atoms with E-state index in [4.69, 9.17) is 9.63 Å². The Kier molecular flexibility index (Phi) is 7.68. The van der Waals surface area contributed by atoms with Crippen LogP contribution < -0.4 is 5.32 Å². The van der Waals surface area contributed by atoms with Crippen LogP contribution in [0.15, 0.2) is 0 Å². The van der Waals surface area contributed by atoms with Gasteiger partial charge >= 0.3 is 13.9 Å². The van der Waals surface area contributed by atoms with Crippen LogP contribution in [-0.4, -0.2) is 51.5 Å². The number of nitrogens with zero attached hydrogens (tertiary/aromatic N) is 3. The molecule has 0 saturated heterocycles. The van der Waals surface area contributed by atoms with E-state index in [-0.39, 0.29) is 5.94 Å². The first-order valence-corrected chi connectivity index (χ1v) is 12.9. The van der Waals surface area contributed by atoms with Crippen LogP contribution in [-0.2, 0) is 38.2 Å². The summed E-state index contributed by atoms with van der Waals surface area (Å²) < 4.78 is 27.2. The summed E-state index contributed by atoms with van der Waals surface area (Å²) in [4.78, 5) is 20.9. The van der Waals surface area contributed by atoms with Gasteiger partial charge in [-0.15, -0.1) is 5.10 Å². The molecule has 1 fully saturated rings. The topological polar surface area (TPSA) is 125 Å². The number of amides is 1. The number of hydrogen-bond acceptors (Lipinski definition) is 9. The van der Waals surface area contributed by atoms with E-state index in [1.807, 2.05) is 11.7 Å². The highest BCUT2D eigenvalue weighted by atomic mass is 33.1. The lowest BCUT2D eigenvalue weighted by Crippen LogP contribution is -2.24. The highest BCUT2D eigenvalue weighted by Crippen LogP contribution is 2.52. The first kappa shape index (κ1) is 21.9. The number of phosphoric ester groups is 1. The number of carbonyl (C=O) groups is 1. The zero-order chi connectivity index (χ0) is 20.1. The lowest BCUT2D eigenvalue weighted by Gasteiger charge is -2.09. The van der Waals surface area contributed by atoms with Gasteiger partial charge in [-0.1, -0.05) is 26.8 Å². The van der Waals surface area contributed by atoms with Crippen LogP contribution in [0.2, 0.25) is 0 Å². The molecule has 3 rings (SSSR count). The second kappa shape index (κ2) is 9.82. The molecule has 13 heteroatoms. The van der Waals surface area contributed by atoms with Crippen molar-refractivity contribution in [2.24, 2.45) is 24.8 Å². The van der Waals surface area contributed by atoms with Gasteiger partial charge in [0.15, 0.2) is 0 Å². The molecule has 0 spiro atoms. The summed E-state index contributed by atoms with van der Waals surface area (Å²) in [7, 11) is 1.56. The minimum Gasteiger partial charge on any atom is -0.449 e. The summed E-state index contributed by atoms with van der Waals surface area (Å²) in [5, 5.41) is 11.0. The number of alkyl carbamates (subject to hydrolysis) is 1. The molecule has 158 valence electrons. The number of fused-ring (bicyclic) bond motifs is 2. The molecule has 1 unspecified atom stereocenters. The number of hydrogen-bond donors (Lipinski definition) is 2. The summed E-state index contributed by atoms with van der Waals surface area (Å²) in [6.07, 6.45) is 3.61. The van der Waals surface area contributed by atoms with Gasteiger partial charge in [0.05, 0.1) is 23.9 Å². The molecule has 4 atom stereocenters. The molecule has 0 aliphatic heterocycles. The molecule has 1 aromatic heterocycles. The molecule has 2 aliphatic rings. The summed E-state index contributed by atoms with van der Waals surface area (Å²) in [6, 6.07) is 0. The van der Waals surface area contributed by atoms with Gasteiger partial charge in [0.2, 0.25) is 0 Å². The van der Waals surface area contributed by atoms with Crippen molar-refractivity contribution in [1.82, 2.24) is 20.3 Å². The Balaban J connectivity index is 1.28. The third-order valence-corrected chi connectivity index (χ3v) is 8.10. The minimum absolute atomic E-state index is 0.0266. The monoisotopic (exact) mass is 452 g/mol. The van der Waals surface area contributed by atoms with Gasteiger partial charge in [-0.05, 0) is 43.4 Å². The van der Waals surface area contributed by atoms with Crippen LogP contribution >= 0.6 is 29.4 Å². The van der Waals surface area contributed by atoms with Gasteiger partial charge in [-0.25, -0.2) is 9.36 Å². The zero-order valence-corrected chi connectivity index (χ0v) is 18.3. The molecular weight excluding hydrogens is 427 g/mol. The van der Waals surface area contributed by atoms with E-state index in [0.717, 1.165) is 38.5 Å². The Morgan fingerprint density at radius 3 is 2.86 bits per heavy atom. The Hall–Kier alpha value is -0.780. The molecule has 1 aromatic rings. The fourth-order valence-electron chi connectivity index (χ4n) is 3.68. The predicted molar refractivity (Wildman–Crippen MR) is 105 cm³/mol. The molecular formula is C15H25N4O6PS2. The normalized spacial score (nSPS) is 25.6. The highest BCUT2D eigenvalue weighted by Gasteiger charge is 2.50. The summed E-state index contributed by atoms with van der Waals surface area (Å²) in [6.45, 7) is 0.436. The Labute approximate surface area is 171 Å². The maximum atomic E-state index is 11.8. The molecule has 10 nitrogen and oxygen atoms in total. The number of nitrogens with one attached hydrogen (secondary N) is 1. The van der Waals surface area contributed by atoms with Crippen LogP contribution in [0.25, 0.3) is 0 Å². The maximum absolute atomic E-state index is 11.8. The van der Waals surface area contributed by atoms with Crippen LogP contribution in [0.3, 0.4) is 0 Å². The second-order valence-electron chi connectivity index (χ2n) is 6.73. The van der Waals surface area contributed by atoms with Gasteiger partial charge in [-0.3, -0.25) is 13.7 Å². The van der Waals surface area contributed by atoms with Crippen molar-refractivity contribution in [1.29, 1.82) is 0 Å². The predicted octanol–water partition coefficient (Wildman–Crippen LogP) is 2.34. The average molecular weight is 452 g/mol. The fraction of sp³-hybridized carbons (Fsp3) is 0.800. The zero-order valence-electron chi connectivity index (χ0n) is 15.8. The van der Waals surface area contributed by atoms with E-state index in [2.05, 4.69) is 24.7 Å². The Morgan fingerprint density at radius 1 is 1.36 bits per heavy atom. The van der Waals surface area contributed by atoms with E-state index in [0.29, 0.717) is 30.2 Å². The van der Waals surface area contributed by atoms with Crippen LogP contribution in [0, 0.1) is 17.8 Å². The first-order valence-electron chi connectivity index (χ1n) is 8.97. The molecule has 2 N–H and O–H groups in total. The Bertz CT molecular complexity index is 735.